The molecule has 102 valence electrons. The van der Waals surface area contributed by atoms with E-state index in [1.54, 1.807) is 17.0 Å². The molecule has 5 heteroatoms. The van der Waals surface area contributed by atoms with E-state index >= 15 is 0 Å². The Hall–Kier alpha value is -1.91. The molecule has 0 aromatic heterocycles. The molecule has 19 heavy (non-hydrogen) atoms. The number of rotatable bonds is 5. The van der Waals surface area contributed by atoms with E-state index in [1.807, 2.05) is 0 Å². The van der Waals surface area contributed by atoms with E-state index in [1.165, 1.54) is 6.07 Å². The Morgan fingerprint density at radius 2 is 2.11 bits per heavy atom. The number of hydrogen-bond acceptors (Lipinski definition) is 3. The molecular weight excluding hydrogens is 247 g/mol. The molecule has 1 aromatic rings. The average Bonchev–Trinajstić information content (AvgIpc) is 2.89. The van der Waals surface area contributed by atoms with Gasteiger partial charge in [0.2, 0.25) is 5.91 Å². The van der Waals surface area contributed by atoms with Crippen LogP contribution in [0.2, 0.25) is 0 Å². The quantitative estimate of drug-likeness (QED) is 0.826. The van der Waals surface area contributed by atoms with Crippen molar-refractivity contribution >= 4 is 17.9 Å². The summed E-state index contributed by atoms with van der Waals surface area (Å²) in [6.07, 6.45) is 4.62. The fourth-order valence-corrected chi connectivity index (χ4v) is 2.62. The summed E-state index contributed by atoms with van der Waals surface area (Å²) in [4.78, 5) is 23.5. The van der Waals surface area contributed by atoms with Crippen molar-refractivity contribution in [2.75, 3.05) is 11.4 Å². The number of hydrogen-bond donors (Lipinski definition) is 1. The Morgan fingerprint density at radius 3 is 2.63 bits per heavy atom. The number of halogens is 1. The number of carbonyl (C=O) groups excluding carboxylic acids is 2. The van der Waals surface area contributed by atoms with Gasteiger partial charge in [0, 0.05) is 11.6 Å². The Kier molecular flexibility index (Phi) is 4.14. The predicted molar refractivity (Wildman–Crippen MR) is 70.6 cm³/mol. The first kappa shape index (κ1) is 13.5. The summed E-state index contributed by atoms with van der Waals surface area (Å²) < 4.78 is 14.0. The second kappa shape index (κ2) is 5.82. The summed E-state index contributed by atoms with van der Waals surface area (Å²) in [5.74, 6) is -0.969. The normalized spacial score (nSPS) is 15.4. The van der Waals surface area contributed by atoms with Crippen molar-refractivity contribution in [2.24, 2.45) is 5.73 Å². The number of primary amides is 1. The third-order valence-electron chi connectivity index (χ3n) is 3.51. The monoisotopic (exact) mass is 264 g/mol. The Morgan fingerprint density at radius 1 is 1.42 bits per heavy atom. The summed E-state index contributed by atoms with van der Waals surface area (Å²) in [5.41, 5.74) is 5.87. The first-order chi connectivity index (χ1) is 9.11. The van der Waals surface area contributed by atoms with Crippen LogP contribution in [0.15, 0.2) is 18.2 Å². The maximum Gasteiger partial charge on any atom is 0.236 e. The van der Waals surface area contributed by atoms with Gasteiger partial charge in [-0.3, -0.25) is 9.59 Å². The minimum atomic E-state index is -0.488. The molecule has 0 aliphatic heterocycles. The molecule has 1 fully saturated rings. The highest BCUT2D eigenvalue weighted by atomic mass is 19.1. The van der Waals surface area contributed by atoms with Crippen LogP contribution in [0.1, 0.15) is 36.0 Å². The zero-order chi connectivity index (χ0) is 13.8. The maximum atomic E-state index is 14.0. The van der Waals surface area contributed by atoms with E-state index in [2.05, 4.69) is 0 Å². The van der Waals surface area contributed by atoms with Gasteiger partial charge in [0.05, 0.1) is 12.2 Å². The van der Waals surface area contributed by atoms with Crippen LogP contribution in [0.25, 0.3) is 0 Å². The van der Waals surface area contributed by atoms with Crippen molar-refractivity contribution in [2.45, 2.75) is 31.7 Å². The Bertz CT molecular complexity index is 484. The van der Waals surface area contributed by atoms with E-state index < -0.39 is 11.7 Å². The Balaban J connectivity index is 2.31. The topological polar surface area (TPSA) is 63.4 Å². The molecule has 0 atom stereocenters. The van der Waals surface area contributed by atoms with Crippen LogP contribution < -0.4 is 10.6 Å². The van der Waals surface area contributed by atoms with Crippen LogP contribution in [0.4, 0.5) is 10.1 Å². The third kappa shape index (κ3) is 3.10. The van der Waals surface area contributed by atoms with Gasteiger partial charge >= 0.3 is 0 Å². The molecule has 0 unspecified atom stereocenters. The second-order valence-electron chi connectivity index (χ2n) is 4.86. The van der Waals surface area contributed by atoms with Crippen LogP contribution in [0.3, 0.4) is 0 Å². The van der Waals surface area contributed by atoms with Gasteiger partial charge in [0.15, 0.2) is 0 Å². The number of aldehydes is 1. The van der Waals surface area contributed by atoms with Gasteiger partial charge in [-0.2, -0.15) is 0 Å². The molecule has 1 saturated carbocycles. The van der Waals surface area contributed by atoms with Crippen molar-refractivity contribution in [3.05, 3.63) is 29.6 Å². The number of carbonyl (C=O) groups is 2. The summed E-state index contributed by atoms with van der Waals surface area (Å²) in [6, 6.07) is 4.42. The summed E-state index contributed by atoms with van der Waals surface area (Å²) in [6.45, 7) is 0.00201. The lowest BCUT2D eigenvalue weighted by atomic mass is 10.1. The van der Waals surface area contributed by atoms with Gasteiger partial charge in [-0.05, 0) is 31.0 Å². The molecule has 1 aliphatic carbocycles. The summed E-state index contributed by atoms with van der Waals surface area (Å²) in [7, 11) is 0. The van der Waals surface area contributed by atoms with Crippen LogP contribution in [0, 0.1) is 5.82 Å². The van der Waals surface area contributed by atoms with Crippen molar-refractivity contribution in [1.29, 1.82) is 0 Å². The first-order valence-electron chi connectivity index (χ1n) is 6.41. The van der Waals surface area contributed by atoms with E-state index in [0.29, 0.717) is 12.0 Å². The van der Waals surface area contributed by atoms with Crippen LogP contribution >= 0.6 is 0 Å². The third-order valence-corrected chi connectivity index (χ3v) is 3.51. The van der Waals surface area contributed by atoms with Gasteiger partial charge < -0.3 is 10.6 Å². The molecular formula is C14H17FN2O2. The van der Waals surface area contributed by atoms with E-state index in [9.17, 15) is 14.0 Å². The average molecular weight is 264 g/mol. The van der Waals surface area contributed by atoms with Crippen molar-refractivity contribution in [3.63, 3.8) is 0 Å². The van der Waals surface area contributed by atoms with Crippen LogP contribution in [-0.4, -0.2) is 24.8 Å². The number of nitrogens with two attached hydrogens (primary N) is 1. The second-order valence-corrected chi connectivity index (χ2v) is 4.86. The van der Waals surface area contributed by atoms with E-state index in [0.717, 1.165) is 25.7 Å². The first-order valence-corrected chi connectivity index (χ1v) is 6.41. The maximum absolute atomic E-state index is 14.0. The zero-order valence-corrected chi connectivity index (χ0v) is 10.6. The molecule has 1 aromatic carbocycles. The van der Waals surface area contributed by atoms with Gasteiger partial charge in [-0.25, -0.2) is 4.39 Å². The number of benzene rings is 1. The summed E-state index contributed by atoms with van der Waals surface area (Å²) in [5, 5.41) is 0. The van der Waals surface area contributed by atoms with Crippen molar-refractivity contribution in [3.8, 4) is 0 Å². The van der Waals surface area contributed by atoms with Crippen LogP contribution in [-0.2, 0) is 4.79 Å². The molecule has 0 spiro atoms. The molecule has 0 heterocycles. The number of anilines is 1. The standard InChI is InChI=1S/C14H17FN2O2/c15-12-7-10(9-18)5-6-13(12)17(8-14(16)19)11-3-1-2-4-11/h5-7,9,11H,1-4,8H2,(H2,16,19). The highest BCUT2D eigenvalue weighted by Gasteiger charge is 2.26. The predicted octanol–water partition coefficient (Wildman–Crippen LogP) is 1.87. The largest absolute Gasteiger partial charge is 0.368 e. The smallest absolute Gasteiger partial charge is 0.236 e. The number of nitrogens with zero attached hydrogens (tertiary/aromatic N) is 1. The number of amides is 1. The molecule has 1 amide bonds. The highest BCUT2D eigenvalue weighted by Crippen LogP contribution is 2.30. The molecule has 0 radical (unpaired) electrons. The van der Waals surface area contributed by atoms with Crippen LogP contribution in [0.5, 0.6) is 0 Å². The minimum Gasteiger partial charge on any atom is -0.368 e. The van der Waals surface area contributed by atoms with Gasteiger partial charge in [0.25, 0.3) is 0 Å². The Labute approximate surface area is 111 Å². The van der Waals surface area contributed by atoms with E-state index in [4.69, 9.17) is 5.73 Å². The SMILES string of the molecule is NC(=O)CN(c1ccc(C=O)cc1F)C1CCCC1. The molecule has 0 saturated heterocycles. The van der Waals surface area contributed by atoms with E-state index in [-0.39, 0.29) is 18.2 Å². The lowest BCUT2D eigenvalue weighted by Crippen LogP contribution is -2.40. The fourth-order valence-electron chi connectivity index (χ4n) is 2.62. The van der Waals surface area contributed by atoms with Gasteiger partial charge in [-0.15, -0.1) is 0 Å². The van der Waals surface area contributed by atoms with Gasteiger partial charge in [-0.1, -0.05) is 12.8 Å². The molecule has 1 aliphatic rings. The zero-order valence-electron chi connectivity index (χ0n) is 10.6. The summed E-state index contributed by atoms with van der Waals surface area (Å²) >= 11 is 0. The van der Waals surface area contributed by atoms with Crippen molar-refractivity contribution in [1.82, 2.24) is 0 Å². The lowest BCUT2D eigenvalue weighted by molar-refractivity contribution is -0.116. The molecule has 4 nitrogen and oxygen atoms in total. The van der Waals surface area contributed by atoms with Gasteiger partial charge in [0.1, 0.15) is 12.1 Å². The minimum absolute atomic E-state index is 0.00201. The fraction of sp³-hybridized carbons (Fsp3) is 0.429. The highest BCUT2D eigenvalue weighted by molar-refractivity contribution is 5.80. The molecule has 0 bridgehead atoms. The molecule has 2 rings (SSSR count). The van der Waals surface area contributed by atoms with Crippen molar-refractivity contribution < 1.29 is 14.0 Å². The lowest BCUT2D eigenvalue weighted by Gasteiger charge is -2.30. The molecule has 2 N–H and O–H groups in total.